The minimum Gasteiger partial charge on any atom is -0.478 e. The van der Waals surface area contributed by atoms with Crippen LogP contribution in [0.5, 0.6) is 0 Å². The van der Waals surface area contributed by atoms with Crippen molar-refractivity contribution in [3.05, 3.63) is 52.8 Å². The fourth-order valence-electron chi connectivity index (χ4n) is 3.29. The smallest absolute Gasteiger partial charge is 0.338 e. The first-order valence-corrected chi connectivity index (χ1v) is 7.25. The number of aromatic nitrogens is 2. The van der Waals surface area contributed by atoms with E-state index in [9.17, 15) is 4.79 Å². The van der Waals surface area contributed by atoms with Gasteiger partial charge in [-0.3, -0.25) is 4.68 Å². The van der Waals surface area contributed by atoms with E-state index >= 15 is 0 Å². The van der Waals surface area contributed by atoms with Gasteiger partial charge in [-0.25, -0.2) is 4.79 Å². The predicted octanol–water partition coefficient (Wildman–Crippen LogP) is 1.76. The van der Waals surface area contributed by atoms with Crippen LogP contribution in [0.3, 0.4) is 0 Å². The molecular weight excluding hydrogens is 266 g/mol. The van der Waals surface area contributed by atoms with E-state index in [1.807, 2.05) is 0 Å². The molecule has 0 unspecified atom stereocenters. The lowest BCUT2D eigenvalue weighted by atomic mass is 9.87. The molecule has 0 radical (unpaired) electrons. The molecule has 0 atom stereocenters. The van der Waals surface area contributed by atoms with Gasteiger partial charge in [0.2, 0.25) is 0 Å². The lowest BCUT2D eigenvalue weighted by Gasteiger charge is -2.26. The van der Waals surface area contributed by atoms with Crippen LogP contribution in [-0.2, 0) is 18.5 Å². The number of fused-ring (bicyclic) bond motifs is 2. The van der Waals surface area contributed by atoms with E-state index in [1.165, 1.54) is 30.2 Å². The summed E-state index contributed by atoms with van der Waals surface area (Å²) in [4.78, 5) is 10.9. The van der Waals surface area contributed by atoms with Gasteiger partial charge < -0.3 is 10.4 Å². The van der Waals surface area contributed by atoms with Crippen LogP contribution in [0.1, 0.15) is 39.9 Å². The topological polar surface area (TPSA) is 67.1 Å². The fraction of sp³-hybridized carbons (Fsp3) is 0.375. The average Bonchev–Trinajstić information content (AvgIpc) is 3.07. The molecule has 1 spiro atoms. The van der Waals surface area contributed by atoms with Gasteiger partial charge in [-0.15, -0.1) is 0 Å². The number of nitrogens with one attached hydrogen (secondary N) is 1. The van der Waals surface area contributed by atoms with Gasteiger partial charge in [-0.1, -0.05) is 18.2 Å². The Morgan fingerprint density at radius 2 is 2.29 bits per heavy atom. The van der Waals surface area contributed by atoms with Crippen LogP contribution in [0, 0.1) is 0 Å². The molecule has 1 aromatic heterocycles. The molecule has 2 N–H and O–H groups in total. The van der Waals surface area contributed by atoms with E-state index in [2.05, 4.69) is 28.6 Å². The van der Waals surface area contributed by atoms with E-state index in [0.717, 1.165) is 18.7 Å². The second kappa shape index (κ2) is 4.43. The first-order chi connectivity index (χ1) is 10.2. The summed E-state index contributed by atoms with van der Waals surface area (Å²) >= 11 is 0. The Bertz CT molecular complexity index is 716. The molecule has 0 saturated heterocycles. The summed E-state index contributed by atoms with van der Waals surface area (Å²) in [6.45, 7) is 2.62. The highest BCUT2D eigenvalue weighted by molar-refractivity contribution is 5.86. The van der Waals surface area contributed by atoms with Crippen LogP contribution >= 0.6 is 0 Å². The summed E-state index contributed by atoms with van der Waals surface area (Å²) in [5.74, 6) is -0.938. The molecule has 2 heterocycles. The minimum absolute atomic E-state index is 0.228. The third kappa shape index (κ3) is 2.14. The molecule has 1 aliphatic carbocycles. The average molecular weight is 283 g/mol. The van der Waals surface area contributed by atoms with Gasteiger partial charge in [0.1, 0.15) is 0 Å². The van der Waals surface area contributed by atoms with Crippen LogP contribution in [0.4, 0.5) is 0 Å². The van der Waals surface area contributed by atoms with Crippen LogP contribution in [0.25, 0.3) is 0 Å². The maximum atomic E-state index is 10.9. The van der Waals surface area contributed by atoms with Crippen molar-refractivity contribution in [3.8, 4) is 0 Å². The van der Waals surface area contributed by atoms with E-state index < -0.39 is 5.97 Å². The van der Waals surface area contributed by atoms with Crippen molar-refractivity contribution in [2.45, 2.75) is 31.3 Å². The number of hydrogen-bond donors (Lipinski definition) is 2. The molecule has 4 rings (SSSR count). The zero-order chi connectivity index (χ0) is 14.4. The normalized spacial score (nSPS) is 18.5. The zero-order valence-electron chi connectivity index (χ0n) is 11.7. The van der Waals surface area contributed by atoms with Crippen LogP contribution < -0.4 is 5.32 Å². The lowest BCUT2D eigenvalue weighted by Crippen LogP contribution is -2.33. The number of hydrogen-bond acceptors (Lipinski definition) is 3. The van der Waals surface area contributed by atoms with Crippen molar-refractivity contribution in [2.24, 2.45) is 0 Å². The maximum Gasteiger partial charge on any atom is 0.338 e. The Hall–Kier alpha value is -2.14. The van der Waals surface area contributed by atoms with Gasteiger partial charge in [0.25, 0.3) is 0 Å². The lowest BCUT2D eigenvalue weighted by molar-refractivity contribution is 0.0697. The zero-order valence-corrected chi connectivity index (χ0v) is 11.7. The molecule has 21 heavy (non-hydrogen) atoms. The van der Waals surface area contributed by atoms with E-state index in [-0.39, 0.29) is 5.56 Å². The summed E-state index contributed by atoms with van der Waals surface area (Å²) in [6, 6.07) is 6.62. The first-order valence-electron chi connectivity index (χ1n) is 7.25. The summed E-state index contributed by atoms with van der Waals surface area (Å²) < 4.78 is 1.67. The Morgan fingerprint density at radius 3 is 3.00 bits per heavy atom. The highest BCUT2D eigenvalue weighted by atomic mass is 16.4. The van der Waals surface area contributed by atoms with E-state index in [0.29, 0.717) is 12.0 Å². The first kappa shape index (κ1) is 12.6. The van der Waals surface area contributed by atoms with Crippen molar-refractivity contribution in [1.29, 1.82) is 0 Å². The van der Waals surface area contributed by atoms with Gasteiger partial charge in [-0.2, -0.15) is 5.10 Å². The van der Waals surface area contributed by atoms with E-state index in [4.69, 9.17) is 5.11 Å². The van der Waals surface area contributed by atoms with Gasteiger partial charge in [0.05, 0.1) is 18.3 Å². The largest absolute Gasteiger partial charge is 0.478 e. The summed E-state index contributed by atoms with van der Waals surface area (Å²) in [5, 5.41) is 16.5. The third-order valence-electron chi connectivity index (χ3n) is 4.60. The number of nitrogens with zero attached hydrogens (tertiary/aromatic N) is 2. The fourth-order valence-corrected chi connectivity index (χ4v) is 3.29. The second-order valence-electron chi connectivity index (χ2n) is 6.11. The highest BCUT2D eigenvalue weighted by Gasteiger charge is 2.46. The predicted molar refractivity (Wildman–Crippen MR) is 77.3 cm³/mol. The second-order valence-corrected chi connectivity index (χ2v) is 6.11. The summed E-state index contributed by atoms with van der Waals surface area (Å²) in [7, 11) is 0. The Labute approximate surface area is 122 Å². The van der Waals surface area contributed by atoms with Gasteiger partial charge in [-0.05, 0) is 29.5 Å². The SMILES string of the molecule is O=C(O)c1cnn(Cc2ccc3c(c2)CNCC32CC2)c1. The molecule has 5 heteroatoms. The molecule has 2 aromatic rings. The third-order valence-corrected chi connectivity index (χ3v) is 4.60. The number of benzene rings is 1. The Morgan fingerprint density at radius 1 is 1.43 bits per heavy atom. The number of rotatable bonds is 3. The van der Waals surface area contributed by atoms with Gasteiger partial charge in [0, 0.05) is 24.7 Å². The van der Waals surface area contributed by atoms with Crippen LogP contribution in [0.2, 0.25) is 0 Å². The molecule has 108 valence electrons. The molecule has 5 nitrogen and oxygen atoms in total. The standard InChI is InChI=1S/C16H17N3O2/c20-15(21)13-7-18-19(9-13)8-11-1-2-14-12(5-11)6-17-10-16(14)3-4-16/h1-2,5,7,9,17H,3-4,6,8,10H2,(H,20,21). The van der Waals surface area contributed by atoms with Gasteiger partial charge >= 0.3 is 5.97 Å². The number of carbonyl (C=O) groups is 1. The van der Waals surface area contributed by atoms with Crippen molar-refractivity contribution in [2.75, 3.05) is 6.54 Å². The number of carboxylic acid groups (broad SMARTS) is 1. The van der Waals surface area contributed by atoms with Crippen molar-refractivity contribution < 1.29 is 9.90 Å². The quantitative estimate of drug-likeness (QED) is 0.901. The molecule has 1 aliphatic heterocycles. The minimum atomic E-state index is -0.938. The van der Waals surface area contributed by atoms with Crippen LogP contribution in [-0.4, -0.2) is 27.4 Å². The maximum absolute atomic E-state index is 10.9. The molecule has 0 amide bonds. The molecular formula is C16H17N3O2. The molecule has 0 bridgehead atoms. The van der Waals surface area contributed by atoms with Crippen molar-refractivity contribution >= 4 is 5.97 Å². The monoisotopic (exact) mass is 283 g/mol. The van der Waals surface area contributed by atoms with E-state index in [1.54, 1.807) is 10.9 Å². The Balaban J connectivity index is 1.60. The summed E-state index contributed by atoms with van der Waals surface area (Å²) in [5.41, 5.74) is 4.66. The molecule has 1 aromatic carbocycles. The van der Waals surface area contributed by atoms with Crippen molar-refractivity contribution in [3.63, 3.8) is 0 Å². The highest BCUT2D eigenvalue weighted by Crippen LogP contribution is 2.50. The van der Waals surface area contributed by atoms with Crippen molar-refractivity contribution in [1.82, 2.24) is 15.1 Å². The van der Waals surface area contributed by atoms with Gasteiger partial charge in [0.15, 0.2) is 0 Å². The molecule has 1 saturated carbocycles. The number of carboxylic acids is 1. The number of aromatic carboxylic acids is 1. The molecule has 1 fully saturated rings. The summed E-state index contributed by atoms with van der Waals surface area (Å²) in [6.07, 6.45) is 5.53. The Kier molecular flexibility index (Phi) is 2.65. The van der Waals surface area contributed by atoms with Crippen LogP contribution in [0.15, 0.2) is 30.6 Å². The molecule has 2 aliphatic rings.